The highest BCUT2D eigenvalue weighted by atomic mass is 79.9. The van der Waals surface area contributed by atoms with Crippen molar-refractivity contribution >= 4 is 27.7 Å². The first-order valence-electron chi connectivity index (χ1n) is 4.78. The third-order valence-electron chi connectivity index (χ3n) is 1.83. The van der Waals surface area contributed by atoms with Crippen LogP contribution in [0.15, 0.2) is 22.8 Å². The van der Waals surface area contributed by atoms with Gasteiger partial charge in [-0.1, -0.05) is 0 Å². The van der Waals surface area contributed by atoms with Gasteiger partial charge >= 0.3 is 0 Å². The van der Waals surface area contributed by atoms with E-state index in [-0.39, 0.29) is 5.91 Å². The third-order valence-corrected chi connectivity index (χ3v) is 2.29. The second-order valence-electron chi connectivity index (χ2n) is 3.12. The minimum atomic E-state index is 0.0000671. The highest BCUT2D eigenvalue weighted by molar-refractivity contribution is 9.10. The summed E-state index contributed by atoms with van der Waals surface area (Å²) in [5.74, 6) is 0.590. The van der Waals surface area contributed by atoms with Gasteiger partial charge in [0.05, 0.1) is 0 Å². The van der Waals surface area contributed by atoms with Gasteiger partial charge in [-0.2, -0.15) is 0 Å². The van der Waals surface area contributed by atoms with Crippen LogP contribution in [0.3, 0.4) is 0 Å². The number of nitrogens with zero attached hydrogens (tertiary/aromatic N) is 1. The number of carbonyl (C=O) groups is 1. The molecule has 0 radical (unpaired) electrons. The zero-order valence-corrected chi connectivity index (χ0v) is 10.2. The van der Waals surface area contributed by atoms with E-state index in [2.05, 4.69) is 31.5 Å². The Balaban J connectivity index is 2.34. The lowest BCUT2D eigenvalue weighted by Gasteiger charge is -2.03. The minimum absolute atomic E-state index is 0.0000671. The van der Waals surface area contributed by atoms with E-state index in [0.717, 1.165) is 17.4 Å². The largest absolute Gasteiger partial charge is 0.320 e. The molecule has 0 spiro atoms. The summed E-state index contributed by atoms with van der Waals surface area (Å²) in [6.07, 6.45) is 3.00. The fraction of sp³-hybridized carbons (Fsp3) is 0.400. The summed E-state index contributed by atoms with van der Waals surface area (Å²) >= 11 is 3.28. The normalized spacial score (nSPS) is 10.0. The lowest BCUT2D eigenvalue weighted by Crippen LogP contribution is -2.15. The molecule has 4 nitrogen and oxygen atoms in total. The molecule has 15 heavy (non-hydrogen) atoms. The SMILES string of the molecule is CNCCCC(=O)Nc1ccc(Br)cn1. The molecule has 1 aromatic heterocycles. The summed E-state index contributed by atoms with van der Waals surface area (Å²) in [4.78, 5) is 15.4. The third kappa shape index (κ3) is 4.90. The van der Waals surface area contributed by atoms with Crippen molar-refractivity contribution in [2.24, 2.45) is 0 Å². The molecule has 1 rings (SSSR count). The summed E-state index contributed by atoms with van der Waals surface area (Å²) in [5, 5.41) is 5.72. The Morgan fingerprint density at radius 2 is 2.33 bits per heavy atom. The quantitative estimate of drug-likeness (QED) is 0.803. The predicted octanol–water partition coefficient (Wildman–Crippen LogP) is 1.78. The van der Waals surface area contributed by atoms with Gasteiger partial charge in [0.2, 0.25) is 5.91 Å². The van der Waals surface area contributed by atoms with Gasteiger partial charge in [-0.25, -0.2) is 4.98 Å². The van der Waals surface area contributed by atoms with Gasteiger partial charge in [0.1, 0.15) is 5.82 Å². The fourth-order valence-corrected chi connectivity index (χ4v) is 1.32. The molecule has 82 valence electrons. The number of carbonyl (C=O) groups excluding carboxylic acids is 1. The standard InChI is InChI=1S/C10H14BrN3O/c1-12-6-2-3-10(15)14-9-5-4-8(11)7-13-9/h4-5,7,12H,2-3,6H2,1H3,(H,13,14,15). The van der Waals surface area contributed by atoms with Gasteiger partial charge in [-0.3, -0.25) is 4.79 Å². The van der Waals surface area contributed by atoms with Crippen LogP contribution in [0.1, 0.15) is 12.8 Å². The monoisotopic (exact) mass is 271 g/mol. The molecular weight excluding hydrogens is 258 g/mol. The van der Waals surface area contributed by atoms with Crippen molar-refractivity contribution in [3.63, 3.8) is 0 Å². The Bertz CT molecular complexity index is 313. The summed E-state index contributed by atoms with van der Waals surface area (Å²) in [6, 6.07) is 3.61. The molecule has 0 fully saturated rings. The molecule has 0 atom stereocenters. The number of anilines is 1. The predicted molar refractivity (Wildman–Crippen MR) is 63.7 cm³/mol. The summed E-state index contributed by atoms with van der Waals surface area (Å²) in [6.45, 7) is 0.848. The number of amides is 1. The molecule has 0 aliphatic heterocycles. The van der Waals surface area contributed by atoms with E-state index in [0.29, 0.717) is 12.2 Å². The number of halogens is 1. The summed E-state index contributed by atoms with van der Waals surface area (Å²) < 4.78 is 0.899. The van der Waals surface area contributed by atoms with Crippen LogP contribution in [-0.2, 0) is 4.79 Å². The van der Waals surface area contributed by atoms with Crippen molar-refractivity contribution in [1.82, 2.24) is 10.3 Å². The van der Waals surface area contributed by atoms with Crippen LogP contribution < -0.4 is 10.6 Å². The molecule has 1 aromatic rings. The van der Waals surface area contributed by atoms with E-state index in [9.17, 15) is 4.79 Å². The number of pyridine rings is 1. The molecule has 2 N–H and O–H groups in total. The van der Waals surface area contributed by atoms with Crippen molar-refractivity contribution in [2.45, 2.75) is 12.8 Å². The van der Waals surface area contributed by atoms with Gasteiger partial charge in [-0.05, 0) is 48.1 Å². The van der Waals surface area contributed by atoms with Crippen molar-refractivity contribution in [3.8, 4) is 0 Å². The van der Waals surface area contributed by atoms with Crippen LogP contribution >= 0.6 is 15.9 Å². The van der Waals surface area contributed by atoms with E-state index in [1.165, 1.54) is 0 Å². The lowest BCUT2D eigenvalue weighted by atomic mass is 10.3. The average molecular weight is 272 g/mol. The Morgan fingerprint density at radius 3 is 2.93 bits per heavy atom. The molecule has 0 saturated carbocycles. The van der Waals surface area contributed by atoms with Gasteiger partial charge in [-0.15, -0.1) is 0 Å². The lowest BCUT2D eigenvalue weighted by molar-refractivity contribution is -0.116. The van der Waals surface area contributed by atoms with Crippen molar-refractivity contribution in [3.05, 3.63) is 22.8 Å². The molecule has 0 aliphatic carbocycles. The topological polar surface area (TPSA) is 54.0 Å². The number of nitrogens with one attached hydrogen (secondary N) is 2. The smallest absolute Gasteiger partial charge is 0.225 e. The van der Waals surface area contributed by atoms with Gasteiger partial charge in [0.25, 0.3) is 0 Å². The Kier molecular flexibility index (Phi) is 5.28. The average Bonchev–Trinajstić information content (AvgIpc) is 2.22. The van der Waals surface area contributed by atoms with E-state index in [4.69, 9.17) is 0 Å². The zero-order valence-electron chi connectivity index (χ0n) is 8.59. The molecule has 1 amide bonds. The molecule has 0 unspecified atom stereocenters. The molecule has 0 aliphatic rings. The molecule has 0 bridgehead atoms. The second-order valence-corrected chi connectivity index (χ2v) is 4.03. The number of rotatable bonds is 5. The van der Waals surface area contributed by atoms with E-state index in [1.807, 2.05) is 13.1 Å². The molecular formula is C10H14BrN3O. The van der Waals surface area contributed by atoms with Gasteiger partial charge < -0.3 is 10.6 Å². The zero-order chi connectivity index (χ0) is 11.1. The number of hydrogen-bond acceptors (Lipinski definition) is 3. The second kappa shape index (κ2) is 6.53. The van der Waals surface area contributed by atoms with Crippen LogP contribution in [0.2, 0.25) is 0 Å². The fourth-order valence-electron chi connectivity index (χ4n) is 1.08. The highest BCUT2D eigenvalue weighted by Crippen LogP contribution is 2.10. The maximum absolute atomic E-state index is 11.4. The number of aromatic nitrogens is 1. The van der Waals surface area contributed by atoms with E-state index >= 15 is 0 Å². The maximum atomic E-state index is 11.4. The number of hydrogen-bond donors (Lipinski definition) is 2. The Morgan fingerprint density at radius 1 is 1.53 bits per heavy atom. The first-order chi connectivity index (χ1) is 7.22. The molecule has 0 saturated heterocycles. The first kappa shape index (κ1) is 12.1. The van der Waals surface area contributed by atoms with Gasteiger partial charge in [0, 0.05) is 17.1 Å². The maximum Gasteiger partial charge on any atom is 0.225 e. The van der Waals surface area contributed by atoms with Crippen LogP contribution in [0.25, 0.3) is 0 Å². The Hall–Kier alpha value is -0.940. The Labute approximate surface area is 97.6 Å². The molecule has 1 heterocycles. The van der Waals surface area contributed by atoms with Crippen LogP contribution in [0.4, 0.5) is 5.82 Å². The minimum Gasteiger partial charge on any atom is -0.320 e. The van der Waals surface area contributed by atoms with Crippen LogP contribution in [0.5, 0.6) is 0 Å². The van der Waals surface area contributed by atoms with Crippen molar-refractivity contribution < 1.29 is 4.79 Å². The van der Waals surface area contributed by atoms with Crippen LogP contribution in [-0.4, -0.2) is 24.5 Å². The van der Waals surface area contributed by atoms with E-state index < -0.39 is 0 Å². The molecule has 5 heteroatoms. The van der Waals surface area contributed by atoms with Crippen molar-refractivity contribution in [1.29, 1.82) is 0 Å². The molecule has 0 aromatic carbocycles. The van der Waals surface area contributed by atoms with Crippen molar-refractivity contribution in [2.75, 3.05) is 18.9 Å². The highest BCUT2D eigenvalue weighted by Gasteiger charge is 2.02. The van der Waals surface area contributed by atoms with E-state index in [1.54, 1.807) is 12.3 Å². The summed E-state index contributed by atoms with van der Waals surface area (Å²) in [5.41, 5.74) is 0. The van der Waals surface area contributed by atoms with Gasteiger partial charge in [0.15, 0.2) is 0 Å². The first-order valence-corrected chi connectivity index (χ1v) is 5.57. The summed E-state index contributed by atoms with van der Waals surface area (Å²) in [7, 11) is 1.87. The van der Waals surface area contributed by atoms with Crippen LogP contribution in [0, 0.1) is 0 Å².